The summed E-state index contributed by atoms with van der Waals surface area (Å²) in [4.78, 5) is 148. The van der Waals surface area contributed by atoms with E-state index < -0.39 is 94.2 Å². The molecule has 1 aromatic carbocycles. The first-order valence-corrected chi connectivity index (χ1v) is 29.3. The van der Waals surface area contributed by atoms with E-state index in [4.69, 9.17) is 9.15 Å². The molecule has 24 heteroatoms. The molecule has 2 aromatic rings. The lowest BCUT2D eigenvalue weighted by atomic mass is 9.76. The minimum absolute atomic E-state index is 0.00669. The third-order valence-electron chi connectivity index (χ3n) is 15.0. The fourth-order valence-corrected chi connectivity index (χ4v) is 10.4. The van der Waals surface area contributed by atoms with Gasteiger partial charge in [-0.15, -0.1) is 0 Å². The Morgan fingerprint density at radius 3 is 1.73 bits per heavy atom. The van der Waals surface area contributed by atoms with Crippen LogP contribution in [-0.4, -0.2) is 173 Å². The summed E-state index contributed by atoms with van der Waals surface area (Å²) in [7, 11) is 5.42. The van der Waals surface area contributed by atoms with Crippen molar-refractivity contribution in [3.8, 4) is 5.75 Å². The summed E-state index contributed by atoms with van der Waals surface area (Å²) in [5.74, 6) is -5.01. The standard InChI is InChI=1S/C60H96N12O12/c1-36(2)29-42(49(75)63-43(30-37(3)4)50(76)68-59(12,13)56(82)69-57(8,9)54(80)61-27-24-47(74)66-60(25-18-26-60)34-70(14)15)65-55(81)58(10,11)67-51(77)44(31-38(5)6)64-52(78)46(32-40-20-22-41(83-16)23-21-40)72(35-73)48-19-17-28-71(48)53(79)45-33-84-39(7)62-45/h20-23,33,35-38,42-44,46,48H,17-19,24-32,34H2,1-16H3,(H,61,80)(H,63,75)(H,64,78)(H,65,81)(H,66,74)(H,67,77)(H,68,76)(H,69,82)/t42-,43-,44-,46-,48+/m0/s1. The Morgan fingerprint density at radius 1 is 0.726 bits per heavy atom. The van der Waals surface area contributed by atoms with Crippen molar-refractivity contribution in [2.24, 2.45) is 17.8 Å². The summed E-state index contributed by atoms with van der Waals surface area (Å²) in [6, 6.07) is 2.10. The van der Waals surface area contributed by atoms with Crippen molar-refractivity contribution >= 4 is 59.6 Å². The van der Waals surface area contributed by atoms with Gasteiger partial charge in [-0.2, -0.15) is 0 Å². The van der Waals surface area contributed by atoms with Gasteiger partial charge in [-0.25, -0.2) is 4.98 Å². The SMILES string of the molecule is COc1ccc(C[C@@H](C(=O)N[C@@H](CC(C)C)C(=O)NC(C)(C)C(=O)N[C@@H](CC(C)C)C(=O)N[C@@H](CC(C)C)C(=O)NC(C)(C)C(=O)NC(C)(C)C(=O)NCCC(=O)NC2(CN(C)C)CCC2)N(C=O)[C@@H]2CCCN2C(=O)c2coc(C)n2)cc1. The van der Waals surface area contributed by atoms with Crippen LogP contribution in [0.2, 0.25) is 0 Å². The molecule has 84 heavy (non-hydrogen) atoms. The summed E-state index contributed by atoms with van der Waals surface area (Å²) in [6.45, 7) is 22.6. The number of nitrogens with one attached hydrogen (secondary N) is 8. The van der Waals surface area contributed by atoms with Crippen molar-refractivity contribution in [2.45, 2.75) is 207 Å². The molecule has 10 amide bonds. The van der Waals surface area contributed by atoms with E-state index in [2.05, 4.69) is 47.5 Å². The molecule has 1 aliphatic carbocycles. The molecule has 8 N–H and O–H groups in total. The lowest BCUT2D eigenvalue weighted by Gasteiger charge is -2.44. The van der Waals surface area contributed by atoms with Crippen LogP contribution in [-0.2, 0) is 49.6 Å². The summed E-state index contributed by atoms with van der Waals surface area (Å²) < 4.78 is 10.6. The van der Waals surface area contributed by atoms with Crippen LogP contribution in [0.5, 0.6) is 5.75 Å². The number of likely N-dealkylation sites (tertiary alicyclic amines) is 1. The second kappa shape index (κ2) is 30.1. The van der Waals surface area contributed by atoms with Crippen LogP contribution in [0.1, 0.15) is 163 Å². The van der Waals surface area contributed by atoms with Crippen LogP contribution in [0.3, 0.4) is 0 Å². The molecule has 1 saturated heterocycles. The molecule has 468 valence electrons. The van der Waals surface area contributed by atoms with Crippen molar-refractivity contribution in [1.82, 2.24) is 62.2 Å². The van der Waals surface area contributed by atoms with Gasteiger partial charge in [0.2, 0.25) is 53.7 Å². The highest BCUT2D eigenvalue weighted by Gasteiger charge is 2.44. The maximum atomic E-state index is 14.8. The second-order valence-corrected chi connectivity index (χ2v) is 25.8. The van der Waals surface area contributed by atoms with E-state index >= 15 is 0 Å². The highest BCUT2D eigenvalue weighted by atomic mass is 16.5. The fourth-order valence-electron chi connectivity index (χ4n) is 10.4. The van der Waals surface area contributed by atoms with Gasteiger partial charge in [0.15, 0.2) is 11.6 Å². The number of carbonyl (C=O) groups excluding carboxylic acids is 10. The summed E-state index contributed by atoms with van der Waals surface area (Å²) >= 11 is 0. The zero-order valence-corrected chi connectivity index (χ0v) is 52.5. The highest BCUT2D eigenvalue weighted by Crippen LogP contribution is 2.32. The van der Waals surface area contributed by atoms with Gasteiger partial charge in [0.25, 0.3) is 5.91 Å². The number of ether oxygens (including phenoxy) is 1. The van der Waals surface area contributed by atoms with Crippen LogP contribution in [0.25, 0.3) is 0 Å². The summed E-state index contributed by atoms with van der Waals surface area (Å²) in [5.41, 5.74) is -4.31. The molecule has 1 aliphatic heterocycles. The van der Waals surface area contributed by atoms with Crippen molar-refractivity contribution in [3.05, 3.63) is 47.7 Å². The number of methoxy groups -OCH3 is 1. The van der Waals surface area contributed by atoms with Crippen LogP contribution >= 0.6 is 0 Å². The molecular formula is C60H96N12O12. The number of amides is 10. The zero-order chi connectivity index (χ0) is 63.1. The quantitative estimate of drug-likeness (QED) is 0.0489. The number of nitrogens with zero attached hydrogens (tertiary/aromatic N) is 4. The van der Waals surface area contributed by atoms with Crippen LogP contribution in [0, 0.1) is 24.7 Å². The highest BCUT2D eigenvalue weighted by molar-refractivity contribution is 6.00. The Hall–Kier alpha value is -7.11. The van der Waals surface area contributed by atoms with Crippen molar-refractivity contribution in [1.29, 1.82) is 0 Å². The molecule has 1 aromatic heterocycles. The number of hydrogen-bond donors (Lipinski definition) is 8. The number of benzene rings is 1. The lowest BCUT2D eigenvalue weighted by molar-refractivity contribution is -0.140. The van der Waals surface area contributed by atoms with Gasteiger partial charge >= 0.3 is 0 Å². The number of hydrogen-bond acceptors (Lipinski definition) is 14. The Balaban J connectivity index is 1.46. The third kappa shape index (κ3) is 20.0. The molecule has 1 saturated carbocycles. The first kappa shape index (κ1) is 69.4. The smallest absolute Gasteiger partial charge is 0.277 e. The molecule has 0 radical (unpaired) electrons. The topological polar surface area (TPSA) is 312 Å². The monoisotopic (exact) mass is 1180 g/mol. The van der Waals surface area contributed by atoms with E-state index in [9.17, 15) is 47.9 Å². The van der Waals surface area contributed by atoms with E-state index in [1.54, 1.807) is 31.2 Å². The molecule has 2 heterocycles. The average molecular weight is 1180 g/mol. The van der Waals surface area contributed by atoms with Gasteiger partial charge in [0.1, 0.15) is 59.0 Å². The molecular weight excluding hydrogens is 1080 g/mol. The molecule has 24 nitrogen and oxygen atoms in total. The lowest BCUT2D eigenvalue weighted by Crippen LogP contribution is -2.65. The van der Waals surface area contributed by atoms with E-state index in [0.717, 1.165) is 19.3 Å². The minimum atomic E-state index is -1.69. The van der Waals surface area contributed by atoms with Gasteiger partial charge in [-0.3, -0.25) is 47.9 Å². The summed E-state index contributed by atoms with van der Waals surface area (Å²) in [5, 5.41) is 22.5. The van der Waals surface area contributed by atoms with E-state index in [1.807, 2.05) is 60.5 Å². The minimum Gasteiger partial charge on any atom is -0.497 e. The number of carbonyl (C=O) groups is 10. The molecule has 4 rings (SSSR count). The average Bonchev–Trinajstić information content (AvgIpc) is 2.27. The number of rotatable bonds is 32. The van der Waals surface area contributed by atoms with Crippen LogP contribution < -0.4 is 47.3 Å². The third-order valence-corrected chi connectivity index (χ3v) is 15.0. The van der Waals surface area contributed by atoms with E-state index in [0.29, 0.717) is 37.1 Å². The number of aromatic nitrogens is 1. The predicted octanol–water partition coefficient (Wildman–Crippen LogP) is 3.01. The molecule has 2 aliphatic rings. The number of likely N-dealkylation sites (N-methyl/N-ethyl adjacent to an activating group) is 1. The largest absolute Gasteiger partial charge is 0.497 e. The Labute approximate surface area is 496 Å². The first-order chi connectivity index (χ1) is 39.1. The number of aryl methyl sites for hydroxylation is 1. The fraction of sp³-hybridized carbons (Fsp3) is 0.683. The predicted molar refractivity (Wildman–Crippen MR) is 315 cm³/mol. The van der Waals surface area contributed by atoms with Crippen molar-refractivity contribution in [2.75, 3.05) is 40.8 Å². The van der Waals surface area contributed by atoms with Crippen LogP contribution in [0.15, 0.2) is 34.9 Å². The van der Waals surface area contributed by atoms with Gasteiger partial charge in [0.05, 0.1) is 12.6 Å². The van der Waals surface area contributed by atoms with Gasteiger partial charge in [0, 0.05) is 39.4 Å². The van der Waals surface area contributed by atoms with Crippen molar-refractivity contribution in [3.63, 3.8) is 0 Å². The Bertz CT molecular complexity index is 2630. The zero-order valence-electron chi connectivity index (χ0n) is 52.5. The van der Waals surface area contributed by atoms with E-state index in [1.165, 1.54) is 64.7 Å². The molecule has 5 atom stereocenters. The molecule has 2 fully saturated rings. The first-order valence-electron chi connectivity index (χ1n) is 29.3. The second-order valence-electron chi connectivity index (χ2n) is 25.8. The van der Waals surface area contributed by atoms with Gasteiger partial charge < -0.3 is 66.4 Å². The van der Waals surface area contributed by atoms with Crippen LogP contribution in [0.4, 0.5) is 0 Å². The Morgan fingerprint density at radius 2 is 1.25 bits per heavy atom. The van der Waals surface area contributed by atoms with E-state index in [-0.39, 0.29) is 86.0 Å². The normalized spacial score (nSPS) is 16.6. The van der Waals surface area contributed by atoms with Crippen molar-refractivity contribution < 1.29 is 57.1 Å². The van der Waals surface area contributed by atoms with Gasteiger partial charge in [-0.1, -0.05) is 53.7 Å². The number of oxazole rings is 1. The maximum absolute atomic E-state index is 14.8. The molecule has 0 spiro atoms. The maximum Gasteiger partial charge on any atom is 0.277 e. The summed E-state index contributed by atoms with van der Waals surface area (Å²) in [6.07, 6.45) is 5.03. The van der Waals surface area contributed by atoms with Gasteiger partial charge in [-0.05, 0) is 142 Å². The molecule has 0 unspecified atom stereocenters. The molecule has 0 bridgehead atoms. The Kier molecular flexibility index (Phi) is 24.9.